The molecule has 5 rings (SSSR count). The summed E-state index contributed by atoms with van der Waals surface area (Å²) in [7, 11) is 0. The molecule has 0 radical (unpaired) electrons. The number of benzene rings is 3. The lowest BCUT2D eigenvalue weighted by Crippen LogP contribution is -2.11. The van der Waals surface area contributed by atoms with Crippen LogP contribution in [0, 0.1) is 0 Å². The monoisotopic (exact) mass is 385 g/mol. The van der Waals surface area contributed by atoms with Crippen molar-refractivity contribution in [2.45, 2.75) is 6.42 Å². The van der Waals surface area contributed by atoms with E-state index in [1.165, 1.54) is 11.3 Å². The van der Waals surface area contributed by atoms with Crippen LogP contribution < -0.4 is 5.32 Å². The Kier molecular flexibility index (Phi) is 4.10. The number of hydrogen-bond acceptors (Lipinski definition) is 5. The molecule has 0 saturated carbocycles. The second kappa shape index (κ2) is 6.90. The van der Waals surface area contributed by atoms with Gasteiger partial charge in [0.1, 0.15) is 5.52 Å². The Bertz CT molecular complexity index is 1260. The van der Waals surface area contributed by atoms with Crippen LogP contribution in [0.1, 0.15) is 21.8 Å². The number of carbonyl (C=O) groups excluding carboxylic acids is 1. The highest BCUT2D eigenvalue weighted by Gasteiger charge is 2.13. The lowest BCUT2D eigenvalue weighted by atomic mass is 10.1. The van der Waals surface area contributed by atoms with Crippen LogP contribution in [-0.4, -0.2) is 15.9 Å². The summed E-state index contributed by atoms with van der Waals surface area (Å²) < 4.78 is 6.89. The summed E-state index contributed by atoms with van der Waals surface area (Å²) in [4.78, 5) is 21.6. The van der Waals surface area contributed by atoms with Crippen molar-refractivity contribution < 1.29 is 9.21 Å². The molecule has 0 atom stereocenters. The zero-order chi connectivity index (χ0) is 18.9. The van der Waals surface area contributed by atoms with Crippen molar-refractivity contribution in [2.24, 2.45) is 0 Å². The molecule has 0 aliphatic heterocycles. The molecule has 1 amide bonds. The van der Waals surface area contributed by atoms with E-state index in [4.69, 9.17) is 4.42 Å². The summed E-state index contributed by atoms with van der Waals surface area (Å²) >= 11 is 1.45. The maximum atomic E-state index is 12.6. The third-order valence-electron chi connectivity index (χ3n) is 4.41. The van der Waals surface area contributed by atoms with E-state index in [0.29, 0.717) is 28.6 Å². The van der Waals surface area contributed by atoms with Crippen LogP contribution in [0.3, 0.4) is 0 Å². The Balaban J connectivity index is 1.38. The fraction of sp³-hybridized carbons (Fsp3) is 0.0455. The van der Waals surface area contributed by atoms with E-state index in [1.807, 2.05) is 54.6 Å². The van der Waals surface area contributed by atoms with Gasteiger partial charge in [0.25, 0.3) is 5.91 Å². The summed E-state index contributed by atoms with van der Waals surface area (Å²) in [5, 5.41) is 3.44. The summed E-state index contributed by atoms with van der Waals surface area (Å²) in [6, 6.07) is 23.1. The molecular formula is C22H15N3O2S. The Hall–Kier alpha value is -3.51. The van der Waals surface area contributed by atoms with Crippen LogP contribution in [0.4, 0.5) is 5.13 Å². The Morgan fingerprint density at radius 3 is 2.61 bits per heavy atom. The molecule has 28 heavy (non-hydrogen) atoms. The number of nitrogens with one attached hydrogen (secondary N) is 1. The van der Waals surface area contributed by atoms with Crippen LogP contribution >= 0.6 is 11.3 Å². The quantitative estimate of drug-likeness (QED) is 0.457. The molecule has 0 unspecified atom stereocenters. The molecule has 2 aromatic heterocycles. The average Bonchev–Trinajstić information content (AvgIpc) is 3.30. The third kappa shape index (κ3) is 3.25. The molecule has 0 bridgehead atoms. The number of para-hydroxylation sites is 1. The molecule has 2 heterocycles. The predicted molar refractivity (Wildman–Crippen MR) is 111 cm³/mol. The van der Waals surface area contributed by atoms with Gasteiger partial charge in [0.2, 0.25) is 0 Å². The standard InChI is InChI=1S/C22H15N3O2S/c26-21(25-22-24-17-8-4-5-9-19(17)28-22)15-10-11-16-18(13-15)27-20(23-16)12-14-6-2-1-3-7-14/h1-11,13H,12H2,(H,24,25,26). The van der Waals surface area contributed by atoms with Gasteiger partial charge in [-0.1, -0.05) is 53.8 Å². The van der Waals surface area contributed by atoms with E-state index in [9.17, 15) is 4.79 Å². The largest absolute Gasteiger partial charge is 0.440 e. The molecule has 0 aliphatic carbocycles. The smallest absolute Gasteiger partial charge is 0.257 e. The topological polar surface area (TPSA) is 68.0 Å². The lowest BCUT2D eigenvalue weighted by Gasteiger charge is -2.00. The van der Waals surface area contributed by atoms with Gasteiger partial charge in [-0.05, 0) is 35.9 Å². The van der Waals surface area contributed by atoms with Crippen molar-refractivity contribution in [3.63, 3.8) is 0 Å². The number of oxazole rings is 1. The number of anilines is 1. The van der Waals surface area contributed by atoms with E-state index in [2.05, 4.69) is 15.3 Å². The third-order valence-corrected chi connectivity index (χ3v) is 5.36. The van der Waals surface area contributed by atoms with E-state index >= 15 is 0 Å². The van der Waals surface area contributed by atoms with Crippen molar-refractivity contribution in [1.82, 2.24) is 9.97 Å². The van der Waals surface area contributed by atoms with Gasteiger partial charge in [0.15, 0.2) is 16.6 Å². The Labute approximate surface area is 164 Å². The number of thiazole rings is 1. The first-order valence-electron chi connectivity index (χ1n) is 8.85. The van der Waals surface area contributed by atoms with E-state index in [0.717, 1.165) is 21.3 Å². The number of aromatic nitrogens is 2. The highest BCUT2D eigenvalue weighted by atomic mass is 32.1. The van der Waals surface area contributed by atoms with Crippen LogP contribution in [0.2, 0.25) is 0 Å². The van der Waals surface area contributed by atoms with Gasteiger partial charge in [0.05, 0.1) is 10.2 Å². The predicted octanol–water partition coefficient (Wildman–Crippen LogP) is 5.28. The highest BCUT2D eigenvalue weighted by molar-refractivity contribution is 7.22. The molecule has 3 aromatic carbocycles. The van der Waals surface area contributed by atoms with Gasteiger partial charge < -0.3 is 4.42 Å². The van der Waals surface area contributed by atoms with E-state index < -0.39 is 0 Å². The summed E-state index contributed by atoms with van der Waals surface area (Å²) in [5.41, 5.74) is 3.85. The molecule has 136 valence electrons. The van der Waals surface area contributed by atoms with Crippen molar-refractivity contribution >= 4 is 43.7 Å². The second-order valence-corrected chi connectivity index (χ2v) is 7.42. The van der Waals surface area contributed by atoms with Crippen LogP contribution in [-0.2, 0) is 6.42 Å². The van der Waals surface area contributed by atoms with Crippen molar-refractivity contribution in [3.8, 4) is 0 Å². The first kappa shape index (κ1) is 16.6. The fourth-order valence-corrected chi connectivity index (χ4v) is 3.92. The molecule has 1 N–H and O–H groups in total. The van der Waals surface area contributed by atoms with Gasteiger partial charge in [-0.25, -0.2) is 9.97 Å². The van der Waals surface area contributed by atoms with Crippen molar-refractivity contribution in [1.29, 1.82) is 0 Å². The first-order valence-corrected chi connectivity index (χ1v) is 9.66. The SMILES string of the molecule is O=C(Nc1nc2ccccc2s1)c1ccc2nc(Cc3ccccc3)oc2c1. The van der Waals surface area contributed by atoms with Gasteiger partial charge >= 0.3 is 0 Å². The van der Waals surface area contributed by atoms with Crippen LogP contribution in [0.5, 0.6) is 0 Å². The molecule has 0 saturated heterocycles. The number of nitrogens with zero attached hydrogens (tertiary/aromatic N) is 2. The molecule has 5 aromatic rings. The zero-order valence-electron chi connectivity index (χ0n) is 14.8. The van der Waals surface area contributed by atoms with Gasteiger partial charge in [-0.3, -0.25) is 10.1 Å². The maximum absolute atomic E-state index is 12.6. The minimum absolute atomic E-state index is 0.220. The zero-order valence-corrected chi connectivity index (χ0v) is 15.6. The first-order chi connectivity index (χ1) is 13.7. The highest BCUT2D eigenvalue weighted by Crippen LogP contribution is 2.26. The number of carbonyl (C=O) groups is 1. The molecule has 0 fully saturated rings. The lowest BCUT2D eigenvalue weighted by molar-refractivity contribution is 0.102. The fourth-order valence-electron chi connectivity index (χ4n) is 3.05. The number of hydrogen-bond donors (Lipinski definition) is 1. The Morgan fingerprint density at radius 1 is 0.929 bits per heavy atom. The minimum Gasteiger partial charge on any atom is -0.440 e. The summed E-state index contributed by atoms with van der Waals surface area (Å²) in [6.45, 7) is 0. The van der Waals surface area contributed by atoms with E-state index in [1.54, 1.807) is 18.2 Å². The second-order valence-electron chi connectivity index (χ2n) is 6.39. The van der Waals surface area contributed by atoms with Crippen molar-refractivity contribution in [3.05, 3.63) is 89.8 Å². The minimum atomic E-state index is -0.220. The normalized spacial score (nSPS) is 11.1. The van der Waals surface area contributed by atoms with Crippen molar-refractivity contribution in [2.75, 3.05) is 5.32 Å². The molecule has 6 heteroatoms. The molecule has 0 aliphatic rings. The van der Waals surface area contributed by atoms with Crippen LogP contribution in [0.25, 0.3) is 21.3 Å². The number of amides is 1. The van der Waals surface area contributed by atoms with Gasteiger partial charge in [-0.2, -0.15) is 0 Å². The van der Waals surface area contributed by atoms with Gasteiger partial charge in [-0.15, -0.1) is 0 Å². The van der Waals surface area contributed by atoms with Crippen LogP contribution in [0.15, 0.2) is 77.2 Å². The molecule has 5 nitrogen and oxygen atoms in total. The van der Waals surface area contributed by atoms with Gasteiger partial charge in [0, 0.05) is 12.0 Å². The summed E-state index contributed by atoms with van der Waals surface area (Å²) in [6.07, 6.45) is 0.614. The Morgan fingerprint density at radius 2 is 1.75 bits per heavy atom. The molecule has 0 spiro atoms. The summed E-state index contributed by atoms with van der Waals surface area (Å²) in [5.74, 6) is 0.409. The van der Waals surface area contributed by atoms with E-state index in [-0.39, 0.29) is 5.91 Å². The number of fused-ring (bicyclic) bond motifs is 2. The number of rotatable bonds is 4. The average molecular weight is 385 g/mol. The molecular weight excluding hydrogens is 370 g/mol. The maximum Gasteiger partial charge on any atom is 0.257 e.